The third kappa shape index (κ3) is 5.18. The van der Waals surface area contributed by atoms with Crippen LogP contribution in [0, 0.1) is 0 Å². The van der Waals surface area contributed by atoms with Crippen molar-refractivity contribution in [2.45, 2.75) is 32.4 Å². The Morgan fingerprint density at radius 1 is 1.00 bits per heavy atom. The highest BCUT2D eigenvalue weighted by molar-refractivity contribution is 5.43. The zero-order valence-electron chi connectivity index (χ0n) is 17.2. The fraction of sp³-hybridized carbons (Fsp3) is 0.478. The maximum absolute atomic E-state index is 5.70. The summed E-state index contributed by atoms with van der Waals surface area (Å²) in [5, 5.41) is 3.64. The summed E-state index contributed by atoms with van der Waals surface area (Å²) in [5.74, 6) is 2.49. The van der Waals surface area contributed by atoms with Crippen LogP contribution < -0.4 is 19.5 Å². The number of hydrogen-bond donors (Lipinski definition) is 1. The molecule has 5 nitrogen and oxygen atoms in total. The van der Waals surface area contributed by atoms with Gasteiger partial charge >= 0.3 is 0 Å². The number of methoxy groups -OCH3 is 2. The van der Waals surface area contributed by atoms with Crippen LogP contribution in [0.3, 0.4) is 0 Å². The normalized spacial score (nSPS) is 15.4. The fourth-order valence-electron chi connectivity index (χ4n) is 3.81. The Kier molecular flexibility index (Phi) is 7.57. The molecule has 0 radical (unpaired) electrons. The summed E-state index contributed by atoms with van der Waals surface area (Å²) in [6.45, 7) is 6.60. The van der Waals surface area contributed by atoms with Crippen LogP contribution in [0.15, 0.2) is 42.5 Å². The Morgan fingerprint density at radius 2 is 1.82 bits per heavy atom. The number of hydrogen-bond acceptors (Lipinski definition) is 5. The van der Waals surface area contributed by atoms with Gasteiger partial charge in [0.2, 0.25) is 0 Å². The maximum Gasteiger partial charge on any atom is 0.161 e. The van der Waals surface area contributed by atoms with E-state index in [1.807, 2.05) is 19.1 Å². The third-order valence-electron chi connectivity index (χ3n) is 5.25. The van der Waals surface area contributed by atoms with Gasteiger partial charge in [-0.1, -0.05) is 18.2 Å². The lowest BCUT2D eigenvalue weighted by Gasteiger charge is -2.28. The van der Waals surface area contributed by atoms with E-state index >= 15 is 0 Å². The molecular formula is C23H32N2O3. The number of nitrogens with one attached hydrogen (secondary N) is 1. The van der Waals surface area contributed by atoms with Gasteiger partial charge in [0.05, 0.1) is 20.8 Å². The molecule has 1 saturated heterocycles. The molecule has 2 aromatic carbocycles. The van der Waals surface area contributed by atoms with E-state index in [0.717, 1.165) is 43.4 Å². The van der Waals surface area contributed by atoms with Crippen molar-refractivity contribution in [2.24, 2.45) is 0 Å². The molecule has 1 atom stereocenters. The van der Waals surface area contributed by atoms with Gasteiger partial charge in [-0.15, -0.1) is 0 Å². The average Bonchev–Trinajstić information content (AvgIpc) is 3.26. The van der Waals surface area contributed by atoms with Crippen molar-refractivity contribution in [3.8, 4) is 17.2 Å². The summed E-state index contributed by atoms with van der Waals surface area (Å²) in [7, 11) is 3.40. The number of rotatable bonds is 10. The molecule has 1 fully saturated rings. The Bertz CT molecular complexity index is 744. The second-order valence-corrected chi connectivity index (χ2v) is 7.08. The molecule has 0 bridgehead atoms. The minimum atomic E-state index is 0.349. The first-order valence-electron chi connectivity index (χ1n) is 10.1. The summed E-state index contributed by atoms with van der Waals surface area (Å²) in [6.07, 6.45) is 2.55. The fourth-order valence-corrected chi connectivity index (χ4v) is 3.81. The molecule has 5 heteroatoms. The molecule has 3 rings (SSSR count). The van der Waals surface area contributed by atoms with Crippen LogP contribution in [0.4, 0.5) is 0 Å². The van der Waals surface area contributed by atoms with Gasteiger partial charge in [-0.05, 0) is 68.2 Å². The monoisotopic (exact) mass is 384 g/mol. The maximum atomic E-state index is 5.70. The zero-order valence-corrected chi connectivity index (χ0v) is 17.2. The molecule has 0 aliphatic carbocycles. The average molecular weight is 385 g/mol. The van der Waals surface area contributed by atoms with E-state index in [4.69, 9.17) is 14.2 Å². The second kappa shape index (κ2) is 10.3. The molecule has 1 heterocycles. The van der Waals surface area contributed by atoms with E-state index in [0.29, 0.717) is 12.6 Å². The van der Waals surface area contributed by atoms with Crippen molar-refractivity contribution in [2.75, 3.05) is 40.5 Å². The first-order valence-corrected chi connectivity index (χ1v) is 10.1. The van der Waals surface area contributed by atoms with E-state index < -0.39 is 0 Å². The van der Waals surface area contributed by atoms with E-state index in [1.165, 1.54) is 24.0 Å². The quantitative estimate of drug-likeness (QED) is 0.670. The molecule has 0 aromatic heterocycles. The van der Waals surface area contributed by atoms with Gasteiger partial charge in [-0.3, -0.25) is 4.90 Å². The standard InChI is InChI=1S/C23H32N2O3/c1-4-28-23-14-18(10-11-22(23)27-3)16-24-17-21(25-12-5-6-13-25)19-8-7-9-20(15-19)26-2/h7-11,14-15,21,24H,4-6,12-13,16-17H2,1-3H3. The molecule has 1 unspecified atom stereocenters. The molecule has 0 spiro atoms. The van der Waals surface area contributed by atoms with Crippen LogP contribution in [0.1, 0.15) is 36.9 Å². The van der Waals surface area contributed by atoms with Crippen molar-refractivity contribution in [1.82, 2.24) is 10.2 Å². The molecule has 0 amide bonds. The third-order valence-corrected chi connectivity index (χ3v) is 5.25. The smallest absolute Gasteiger partial charge is 0.161 e. The van der Waals surface area contributed by atoms with Crippen LogP contribution in [-0.4, -0.2) is 45.4 Å². The minimum absolute atomic E-state index is 0.349. The summed E-state index contributed by atoms with van der Waals surface area (Å²) in [6, 6.07) is 14.9. The van der Waals surface area contributed by atoms with Crippen molar-refractivity contribution >= 4 is 0 Å². The van der Waals surface area contributed by atoms with E-state index in [-0.39, 0.29) is 0 Å². The van der Waals surface area contributed by atoms with Gasteiger partial charge in [0.15, 0.2) is 11.5 Å². The highest BCUT2D eigenvalue weighted by Gasteiger charge is 2.23. The number of benzene rings is 2. The van der Waals surface area contributed by atoms with Gasteiger partial charge < -0.3 is 19.5 Å². The van der Waals surface area contributed by atoms with Gasteiger partial charge in [0, 0.05) is 19.1 Å². The molecular weight excluding hydrogens is 352 g/mol. The van der Waals surface area contributed by atoms with Crippen molar-refractivity contribution in [3.05, 3.63) is 53.6 Å². The van der Waals surface area contributed by atoms with Crippen molar-refractivity contribution in [1.29, 1.82) is 0 Å². The summed E-state index contributed by atoms with van der Waals surface area (Å²) >= 11 is 0. The molecule has 1 aliphatic rings. The topological polar surface area (TPSA) is 43.0 Å². The number of likely N-dealkylation sites (tertiary alicyclic amines) is 1. The van der Waals surface area contributed by atoms with Crippen LogP contribution in [-0.2, 0) is 6.54 Å². The summed E-state index contributed by atoms with van der Waals surface area (Å²) in [5.41, 5.74) is 2.49. The SMILES string of the molecule is CCOc1cc(CNCC(c2cccc(OC)c2)N2CCCC2)ccc1OC. The molecule has 152 valence electrons. The predicted octanol–water partition coefficient (Wildman–Crippen LogP) is 4.03. The lowest BCUT2D eigenvalue weighted by Crippen LogP contribution is -2.34. The van der Waals surface area contributed by atoms with Crippen LogP contribution in [0.5, 0.6) is 17.2 Å². The number of ether oxygens (including phenoxy) is 3. The zero-order chi connectivity index (χ0) is 19.8. The molecule has 1 N–H and O–H groups in total. The van der Waals surface area contributed by atoms with Crippen molar-refractivity contribution in [3.63, 3.8) is 0 Å². The predicted molar refractivity (Wildman–Crippen MR) is 112 cm³/mol. The van der Waals surface area contributed by atoms with Gasteiger partial charge in [0.1, 0.15) is 5.75 Å². The molecule has 2 aromatic rings. The summed E-state index contributed by atoms with van der Waals surface area (Å²) < 4.78 is 16.5. The van der Waals surface area contributed by atoms with Crippen LogP contribution in [0.2, 0.25) is 0 Å². The van der Waals surface area contributed by atoms with Gasteiger partial charge in [0.25, 0.3) is 0 Å². The van der Waals surface area contributed by atoms with E-state index in [1.54, 1.807) is 14.2 Å². The molecule has 1 aliphatic heterocycles. The highest BCUT2D eigenvalue weighted by atomic mass is 16.5. The minimum Gasteiger partial charge on any atom is -0.497 e. The largest absolute Gasteiger partial charge is 0.497 e. The Hall–Kier alpha value is -2.24. The Morgan fingerprint density at radius 3 is 2.54 bits per heavy atom. The lowest BCUT2D eigenvalue weighted by atomic mass is 10.0. The van der Waals surface area contributed by atoms with E-state index in [2.05, 4.69) is 40.5 Å². The van der Waals surface area contributed by atoms with E-state index in [9.17, 15) is 0 Å². The molecule has 0 saturated carbocycles. The van der Waals surface area contributed by atoms with Crippen LogP contribution in [0.25, 0.3) is 0 Å². The summed E-state index contributed by atoms with van der Waals surface area (Å²) in [4.78, 5) is 2.57. The Labute approximate surface area is 168 Å². The van der Waals surface area contributed by atoms with Crippen molar-refractivity contribution < 1.29 is 14.2 Å². The van der Waals surface area contributed by atoms with Gasteiger partial charge in [-0.2, -0.15) is 0 Å². The first kappa shape index (κ1) is 20.5. The van der Waals surface area contributed by atoms with Gasteiger partial charge in [-0.25, -0.2) is 0 Å². The van der Waals surface area contributed by atoms with Crippen LogP contribution >= 0.6 is 0 Å². The number of nitrogens with zero attached hydrogens (tertiary/aromatic N) is 1. The Balaban J connectivity index is 1.67. The highest BCUT2D eigenvalue weighted by Crippen LogP contribution is 2.29. The molecule has 28 heavy (non-hydrogen) atoms. The second-order valence-electron chi connectivity index (χ2n) is 7.08. The first-order chi connectivity index (χ1) is 13.7. The lowest BCUT2D eigenvalue weighted by molar-refractivity contribution is 0.237.